The summed E-state index contributed by atoms with van der Waals surface area (Å²) in [6, 6.07) is 6.40. The van der Waals surface area contributed by atoms with Gasteiger partial charge in [0.15, 0.2) is 6.19 Å². The molecule has 4 nitrogen and oxygen atoms in total. The third-order valence-electron chi connectivity index (χ3n) is 3.30. The van der Waals surface area contributed by atoms with E-state index in [9.17, 15) is 4.39 Å². The van der Waals surface area contributed by atoms with Crippen LogP contribution in [0.15, 0.2) is 23.2 Å². The number of guanidine groups is 1. The smallest absolute Gasteiger partial charge is 0.205 e. The Kier molecular flexibility index (Phi) is 4.35. The molecular weight excluding hydrogens is 243 g/mol. The average molecular weight is 260 g/mol. The van der Waals surface area contributed by atoms with Gasteiger partial charge in [-0.2, -0.15) is 5.26 Å². The Hall–Kier alpha value is -2.09. The van der Waals surface area contributed by atoms with Gasteiger partial charge < -0.3 is 5.32 Å². The van der Waals surface area contributed by atoms with Crippen molar-refractivity contribution in [2.75, 3.05) is 13.2 Å². The third-order valence-corrected chi connectivity index (χ3v) is 3.30. The van der Waals surface area contributed by atoms with Gasteiger partial charge in [-0.25, -0.2) is 9.38 Å². The molecule has 0 bridgehead atoms. The molecule has 0 aliphatic heterocycles. The lowest BCUT2D eigenvalue weighted by molar-refractivity contribution is 0.503. The van der Waals surface area contributed by atoms with Gasteiger partial charge in [-0.15, -0.1) is 0 Å². The van der Waals surface area contributed by atoms with Crippen LogP contribution >= 0.6 is 0 Å². The van der Waals surface area contributed by atoms with Crippen LogP contribution in [-0.2, 0) is 6.42 Å². The van der Waals surface area contributed by atoms with Crippen LogP contribution in [0.1, 0.15) is 29.2 Å². The first kappa shape index (κ1) is 13.3. The summed E-state index contributed by atoms with van der Waals surface area (Å²) in [6.45, 7) is 1.61. The molecule has 0 saturated heterocycles. The Morgan fingerprint density at radius 2 is 2.42 bits per heavy atom. The summed E-state index contributed by atoms with van der Waals surface area (Å²) in [6.07, 6.45) is 3.80. The highest BCUT2D eigenvalue weighted by molar-refractivity contribution is 5.81. The highest BCUT2D eigenvalue weighted by atomic mass is 19.1. The van der Waals surface area contributed by atoms with Crippen molar-refractivity contribution in [3.8, 4) is 6.19 Å². The lowest BCUT2D eigenvalue weighted by Crippen LogP contribution is -2.37. The second-order valence-corrected chi connectivity index (χ2v) is 4.54. The normalized spacial score (nSPS) is 17.7. The summed E-state index contributed by atoms with van der Waals surface area (Å²) in [5, 5.41) is 14.4. The van der Waals surface area contributed by atoms with E-state index in [1.165, 1.54) is 16.7 Å². The number of rotatable bonds is 3. The van der Waals surface area contributed by atoms with Crippen molar-refractivity contribution in [1.29, 1.82) is 5.26 Å². The van der Waals surface area contributed by atoms with Gasteiger partial charge in [-0.3, -0.25) is 5.32 Å². The third kappa shape index (κ3) is 3.02. The molecule has 5 heteroatoms. The van der Waals surface area contributed by atoms with Crippen LogP contribution in [0.2, 0.25) is 0 Å². The molecule has 19 heavy (non-hydrogen) atoms. The van der Waals surface area contributed by atoms with Crippen LogP contribution < -0.4 is 10.6 Å². The van der Waals surface area contributed by atoms with E-state index in [0.717, 1.165) is 12.8 Å². The number of halogens is 1. The highest BCUT2D eigenvalue weighted by Crippen LogP contribution is 2.33. The summed E-state index contributed by atoms with van der Waals surface area (Å²) in [7, 11) is 0. The monoisotopic (exact) mass is 260 g/mol. The zero-order chi connectivity index (χ0) is 13.7. The van der Waals surface area contributed by atoms with Crippen LogP contribution in [0.3, 0.4) is 0 Å². The maximum atomic E-state index is 12.2. The fourth-order valence-electron chi connectivity index (χ4n) is 2.54. The van der Waals surface area contributed by atoms with Crippen LogP contribution in [0.25, 0.3) is 0 Å². The number of hydrogen-bond donors (Lipinski definition) is 2. The van der Waals surface area contributed by atoms with E-state index >= 15 is 0 Å². The number of aliphatic imine (C=N–C) groups is 1. The maximum absolute atomic E-state index is 12.2. The van der Waals surface area contributed by atoms with Crippen molar-refractivity contribution < 1.29 is 4.39 Å². The van der Waals surface area contributed by atoms with Crippen LogP contribution in [-0.4, -0.2) is 19.2 Å². The number of hydrogen-bond acceptors (Lipinski definition) is 2. The minimum Gasteiger partial charge on any atom is -0.349 e. The summed E-state index contributed by atoms with van der Waals surface area (Å²) in [5.41, 5.74) is 3.84. The van der Waals surface area contributed by atoms with E-state index in [0.29, 0.717) is 5.96 Å². The van der Waals surface area contributed by atoms with Crippen molar-refractivity contribution in [2.24, 2.45) is 4.99 Å². The van der Waals surface area contributed by atoms with E-state index in [1.807, 2.05) is 6.19 Å². The molecule has 0 heterocycles. The zero-order valence-corrected chi connectivity index (χ0v) is 10.9. The molecule has 2 rings (SSSR count). The number of aryl methyl sites for hydroxylation is 2. The van der Waals surface area contributed by atoms with Crippen molar-refractivity contribution >= 4 is 5.96 Å². The van der Waals surface area contributed by atoms with Gasteiger partial charge in [0.25, 0.3) is 0 Å². The van der Waals surface area contributed by atoms with Crippen molar-refractivity contribution in [3.05, 3.63) is 34.9 Å². The number of alkyl halides is 1. The second kappa shape index (κ2) is 6.19. The summed E-state index contributed by atoms with van der Waals surface area (Å²) in [4.78, 5) is 3.99. The van der Waals surface area contributed by atoms with Crippen molar-refractivity contribution in [1.82, 2.24) is 10.6 Å². The van der Waals surface area contributed by atoms with Gasteiger partial charge in [-0.05, 0) is 36.5 Å². The molecule has 1 atom stereocenters. The molecule has 1 unspecified atom stereocenters. The lowest BCUT2D eigenvalue weighted by atomic mass is 10.0. The lowest BCUT2D eigenvalue weighted by Gasteiger charge is -2.17. The summed E-state index contributed by atoms with van der Waals surface area (Å²) < 4.78 is 12.2. The standard InChI is InChI=1S/C14H17FN4/c1-10-3-2-4-11-5-6-12(13(10)11)19-14(18-9-16)17-8-7-15/h2-4,12H,5-8H2,1H3,(H2,17,18,19). The molecule has 100 valence electrons. The van der Waals surface area contributed by atoms with Crippen LogP contribution in [0.4, 0.5) is 4.39 Å². The fraction of sp³-hybridized carbons (Fsp3) is 0.429. The molecule has 0 fully saturated rings. The Balaban J connectivity index is 2.15. The maximum Gasteiger partial charge on any atom is 0.205 e. The number of fused-ring (bicyclic) bond motifs is 1. The van der Waals surface area contributed by atoms with Crippen molar-refractivity contribution in [2.45, 2.75) is 25.8 Å². The second-order valence-electron chi connectivity index (χ2n) is 4.54. The molecule has 1 aliphatic carbocycles. The first-order valence-electron chi connectivity index (χ1n) is 6.36. The number of nitriles is 1. The predicted molar refractivity (Wildman–Crippen MR) is 72.4 cm³/mol. The number of nitrogens with one attached hydrogen (secondary N) is 2. The highest BCUT2D eigenvalue weighted by Gasteiger charge is 2.24. The average Bonchev–Trinajstić information content (AvgIpc) is 2.81. The molecule has 1 aromatic rings. The van der Waals surface area contributed by atoms with Gasteiger partial charge in [0, 0.05) is 0 Å². The molecule has 0 spiro atoms. The number of nitrogens with zero attached hydrogens (tertiary/aromatic N) is 2. The summed E-state index contributed by atoms with van der Waals surface area (Å²) >= 11 is 0. The largest absolute Gasteiger partial charge is 0.349 e. The van der Waals surface area contributed by atoms with E-state index in [2.05, 4.69) is 40.7 Å². The van der Waals surface area contributed by atoms with E-state index in [1.54, 1.807) is 0 Å². The fourth-order valence-corrected chi connectivity index (χ4v) is 2.54. The van der Waals surface area contributed by atoms with E-state index in [-0.39, 0.29) is 12.6 Å². The molecular formula is C14H17FN4. The van der Waals surface area contributed by atoms with Gasteiger partial charge >= 0.3 is 0 Å². The van der Waals surface area contributed by atoms with E-state index < -0.39 is 6.67 Å². The van der Waals surface area contributed by atoms with Crippen LogP contribution in [0, 0.1) is 18.4 Å². The molecule has 0 aromatic heterocycles. The topological polar surface area (TPSA) is 60.2 Å². The molecule has 0 radical (unpaired) electrons. The predicted octanol–water partition coefficient (Wildman–Crippen LogP) is 1.97. The molecule has 1 aromatic carbocycles. The Morgan fingerprint density at radius 1 is 1.58 bits per heavy atom. The van der Waals surface area contributed by atoms with Gasteiger partial charge in [0.05, 0.1) is 12.6 Å². The molecule has 1 aliphatic rings. The first-order chi connectivity index (χ1) is 9.26. The zero-order valence-electron chi connectivity index (χ0n) is 10.9. The Morgan fingerprint density at radius 3 is 3.16 bits per heavy atom. The van der Waals surface area contributed by atoms with Crippen molar-refractivity contribution in [3.63, 3.8) is 0 Å². The van der Waals surface area contributed by atoms with Gasteiger partial charge in [0.2, 0.25) is 5.96 Å². The first-order valence-corrected chi connectivity index (χ1v) is 6.36. The van der Waals surface area contributed by atoms with Gasteiger partial charge in [-0.1, -0.05) is 18.2 Å². The minimum absolute atomic E-state index is 0.0599. The Bertz CT molecular complexity index is 519. The van der Waals surface area contributed by atoms with Crippen LogP contribution in [0.5, 0.6) is 0 Å². The summed E-state index contributed by atoms with van der Waals surface area (Å²) in [5.74, 6) is 0.348. The quantitative estimate of drug-likeness (QED) is 0.378. The molecule has 0 amide bonds. The van der Waals surface area contributed by atoms with Gasteiger partial charge in [0.1, 0.15) is 6.67 Å². The number of benzene rings is 1. The SMILES string of the molecule is Cc1cccc2c1C(NC(=NCCF)NC#N)CC2. The van der Waals surface area contributed by atoms with E-state index in [4.69, 9.17) is 5.26 Å². The molecule has 0 saturated carbocycles. The minimum atomic E-state index is -0.529. The molecule has 2 N–H and O–H groups in total. The Labute approximate surface area is 112 Å².